The van der Waals surface area contributed by atoms with Crippen LogP contribution in [0.3, 0.4) is 0 Å². The molecule has 0 spiro atoms. The van der Waals surface area contributed by atoms with Crippen LogP contribution in [0.1, 0.15) is 6.92 Å². The minimum Gasteiger partial charge on any atom is -0.288 e. The summed E-state index contributed by atoms with van der Waals surface area (Å²) in [6, 6.07) is 2.56. The summed E-state index contributed by atoms with van der Waals surface area (Å²) in [6.45, 7) is 1.53. The highest BCUT2D eigenvalue weighted by Gasteiger charge is 2.16. The first-order valence-corrected chi connectivity index (χ1v) is 6.34. The molecule has 0 saturated heterocycles. The maximum Gasteiger partial charge on any atom is 0.262 e. The van der Waals surface area contributed by atoms with E-state index in [4.69, 9.17) is 0 Å². The van der Waals surface area contributed by atoms with Gasteiger partial charge in [0.15, 0.2) is 0 Å². The molecule has 22 heavy (non-hydrogen) atoms. The first-order valence-electron chi connectivity index (χ1n) is 6.34. The maximum absolute atomic E-state index is 12.2. The average Bonchev–Trinajstić information content (AvgIpc) is 2.91. The van der Waals surface area contributed by atoms with Crippen LogP contribution in [0.2, 0.25) is 0 Å². The molecule has 1 N–H and O–H groups in total. The fourth-order valence-electron chi connectivity index (χ4n) is 2.32. The zero-order chi connectivity index (χ0) is 15.9. The van der Waals surface area contributed by atoms with E-state index < -0.39 is 22.2 Å². The minimum atomic E-state index is -0.570. The topological polar surface area (TPSA) is 89.0 Å². The number of hydrogen-bond donors (Lipinski definition) is 1. The molecule has 0 aliphatic rings. The van der Waals surface area contributed by atoms with Crippen molar-refractivity contribution in [3.05, 3.63) is 53.5 Å². The van der Waals surface area contributed by atoms with Crippen molar-refractivity contribution in [2.24, 2.45) is 0 Å². The third kappa shape index (κ3) is 1.87. The van der Waals surface area contributed by atoms with E-state index in [1.54, 1.807) is 6.92 Å². The van der Waals surface area contributed by atoms with Gasteiger partial charge in [0.2, 0.25) is 0 Å². The standard InChI is InChI=1S/C16H8N2O4/c1-2-3-4-5-6-18-15(21)11-7-9-10(8-12(11)16(18)22)14(20)17-13(9)19/h7-8H,6H2,1H3,(H,17,19,20). The molecule has 0 amide bonds. The Hall–Kier alpha value is -3.38. The van der Waals surface area contributed by atoms with Gasteiger partial charge in [-0.3, -0.25) is 28.7 Å². The molecular weight excluding hydrogens is 284 g/mol. The second kappa shape index (κ2) is 4.87. The van der Waals surface area contributed by atoms with Gasteiger partial charge in [0.25, 0.3) is 22.2 Å². The molecule has 0 fully saturated rings. The maximum atomic E-state index is 12.2. The fourth-order valence-corrected chi connectivity index (χ4v) is 2.32. The molecule has 0 unspecified atom stereocenters. The molecule has 2 heterocycles. The Morgan fingerprint density at radius 3 is 1.95 bits per heavy atom. The largest absolute Gasteiger partial charge is 0.288 e. The molecule has 1 aromatic carbocycles. The molecule has 2 aromatic heterocycles. The second-order valence-corrected chi connectivity index (χ2v) is 4.60. The van der Waals surface area contributed by atoms with Crippen LogP contribution in [-0.4, -0.2) is 9.55 Å². The monoisotopic (exact) mass is 292 g/mol. The van der Waals surface area contributed by atoms with Crippen LogP contribution in [0, 0.1) is 23.7 Å². The van der Waals surface area contributed by atoms with Crippen LogP contribution in [0.4, 0.5) is 0 Å². The lowest BCUT2D eigenvalue weighted by Crippen LogP contribution is -2.24. The number of hydrogen-bond acceptors (Lipinski definition) is 4. The van der Waals surface area contributed by atoms with Crippen LogP contribution in [0.25, 0.3) is 21.5 Å². The summed E-state index contributed by atoms with van der Waals surface area (Å²) in [6.07, 6.45) is 0. The Morgan fingerprint density at radius 1 is 0.909 bits per heavy atom. The number of nitrogens with one attached hydrogen (secondary N) is 1. The van der Waals surface area contributed by atoms with Crippen molar-refractivity contribution in [1.29, 1.82) is 0 Å². The summed E-state index contributed by atoms with van der Waals surface area (Å²) in [5, 5.41) is 0.429. The van der Waals surface area contributed by atoms with E-state index in [9.17, 15) is 19.2 Å². The molecule has 6 heteroatoms. The Labute approximate surface area is 122 Å². The lowest BCUT2D eigenvalue weighted by atomic mass is 10.1. The first-order chi connectivity index (χ1) is 10.5. The summed E-state index contributed by atoms with van der Waals surface area (Å²) < 4.78 is 0.965. The van der Waals surface area contributed by atoms with Crippen molar-refractivity contribution in [2.75, 3.05) is 0 Å². The lowest BCUT2D eigenvalue weighted by Gasteiger charge is -1.88. The third-order valence-electron chi connectivity index (χ3n) is 3.34. The number of nitrogens with zero attached hydrogens (tertiary/aromatic N) is 1. The Bertz CT molecular complexity index is 1170. The SMILES string of the molecule is CC#CC#CCn1c(=O)c2cc3c(=O)[nH]c(=O)c3cc2c1=O. The van der Waals surface area contributed by atoms with Crippen molar-refractivity contribution in [3.8, 4) is 23.7 Å². The van der Waals surface area contributed by atoms with Crippen molar-refractivity contribution in [1.82, 2.24) is 9.55 Å². The predicted molar refractivity (Wildman–Crippen MR) is 82.5 cm³/mol. The van der Waals surface area contributed by atoms with E-state index in [0.717, 1.165) is 4.57 Å². The Balaban J connectivity index is 2.34. The molecule has 6 nitrogen and oxygen atoms in total. The van der Waals surface area contributed by atoms with Crippen molar-refractivity contribution >= 4 is 21.5 Å². The second-order valence-electron chi connectivity index (χ2n) is 4.60. The molecular formula is C16H8N2O4. The zero-order valence-corrected chi connectivity index (χ0v) is 11.4. The van der Waals surface area contributed by atoms with Crippen LogP contribution in [-0.2, 0) is 6.54 Å². The number of H-pyrrole nitrogens is 1. The third-order valence-corrected chi connectivity index (χ3v) is 3.34. The van der Waals surface area contributed by atoms with Gasteiger partial charge in [-0.1, -0.05) is 11.8 Å². The molecule has 3 rings (SSSR count). The number of rotatable bonds is 1. The molecule has 3 aromatic rings. The van der Waals surface area contributed by atoms with Gasteiger partial charge in [-0.2, -0.15) is 0 Å². The number of aromatic nitrogens is 2. The summed E-state index contributed by atoms with van der Waals surface area (Å²) >= 11 is 0. The van der Waals surface area contributed by atoms with E-state index in [0.29, 0.717) is 0 Å². The van der Waals surface area contributed by atoms with Gasteiger partial charge in [-0.05, 0) is 30.9 Å². The van der Waals surface area contributed by atoms with E-state index in [2.05, 4.69) is 28.7 Å². The van der Waals surface area contributed by atoms with Crippen LogP contribution >= 0.6 is 0 Å². The van der Waals surface area contributed by atoms with Crippen molar-refractivity contribution in [3.63, 3.8) is 0 Å². The van der Waals surface area contributed by atoms with Gasteiger partial charge in [0.1, 0.15) is 0 Å². The molecule has 0 saturated carbocycles. The van der Waals surface area contributed by atoms with Crippen molar-refractivity contribution < 1.29 is 0 Å². The molecule has 106 valence electrons. The lowest BCUT2D eigenvalue weighted by molar-refractivity contribution is 0.791. The van der Waals surface area contributed by atoms with E-state index >= 15 is 0 Å². The van der Waals surface area contributed by atoms with E-state index in [-0.39, 0.29) is 28.1 Å². The Morgan fingerprint density at radius 2 is 1.45 bits per heavy atom. The highest BCUT2D eigenvalue weighted by atomic mass is 16.2. The average molecular weight is 292 g/mol. The minimum absolute atomic E-state index is 0.0914. The molecule has 0 bridgehead atoms. The first kappa shape index (κ1) is 13.6. The smallest absolute Gasteiger partial charge is 0.262 e. The van der Waals surface area contributed by atoms with Gasteiger partial charge in [0, 0.05) is 0 Å². The summed E-state index contributed by atoms with van der Waals surface area (Å²) in [4.78, 5) is 49.8. The van der Waals surface area contributed by atoms with Crippen LogP contribution in [0.5, 0.6) is 0 Å². The fraction of sp³-hybridized carbons (Fsp3) is 0.125. The van der Waals surface area contributed by atoms with Crippen molar-refractivity contribution in [2.45, 2.75) is 13.5 Å². The molecule has 0 aliphatic carbocycles. The van der Waals surface area contributed by atoms with Gasteiger partial charge in [-0.25, -0.2) is 0 Å². The molecule has 0 aliphatic heterocycles. The van der Waals surface area contributed by atoms with Crippen LogP contribution < -0.4 is 22.2 Å². The van der Waals surface area contributed by atoms with Gasteiger partial charge < -0.3 is 0 Å². The van der Waals surface area contributed by atoms with E-state index in [1.165, 1.54) is 12.1 Å². The molecule has 0 atom stereocenters. The van der Waals surface area contributed by atoms with Gasteiger partial charge in [0.05, 0.1) is 28.1 Å². The Kier molecular flexibility index (Phi) is 3.01. The van der Waals surface area contributed by atoms with Gasteiger partial charge >= 0.3 is 0 Å². The van der Waals surface area contributed by atoms with Gasteiger partial charge in [-0.15, -0.1) is 0 Å². The quantitative estimate of drug-likeness (QED) is 0.610. The number of aromatic amines is 1. The van der Waals surface area contributed by atoms with E-state index in [1.807, 2.05) is 0 Å². The number of benzene rings is 1. The normalized spacial score (nSPS) is 10.2. The highest BCUT2D eigenvalue weighted by Crippen LogP contribution is 2.13. The van der Waals surface area contributed by atoms with Crippen LogP contribution in [0.15, 0.2) is 31.3 Å². The predicted octanol–water partition coefficient (Wildman–Crippen LogP) is -0.534. The number of fused-ring (bicyclic) bond motifs is 2. The summed E-state index contributed by atoms with van der Waals surface area (Å²) in [5.74, 6) is 10.2. The highest BCUT2D eigenvalue weighted by molar-refractivity contribution is 5.97. The summed E-state index contributed by atoms with van der Waals surface area (Å²) in [5.41, 5.74) is -2.21. The summed E-state index contributed by atoms with van der Waals surface area (Å²) in [7, 11) is 0. The zero-order valence-electron chi connectivity index (χ0n) is 11.4. The molecule has 0 radical (unpaired) electrons.